The molecule has 0 heterocycles. The van der Waals surface area contributed by atoms with Crippen LogP contribution in [0.5, 0.6) is 0 Å². The van der Waals surface area contributed by atoms with Crippen molar-refractivity contribution in [1.82, 2.24) is 0 Å². The van der Waals surface area contributed by atoms with Crippen LogP contribution in [-0.4, -0.2) is 12.1 Å². The molecule has 0 spiro atoms. The van der Waals surface area contributed by atoms with Crippen molar-refractivity contribution < 1.29 is 9.59 Å². The Morgan fingerprint density at radius 2 is 2.45 bits per heavy atom. The van der Waals surface area contributed by atoms with Gasteiger partial charge in [0.05, 0.1) is 0 Å². The van der Waals surface area contributed by atoms with Gasteiger partial charge in [0.15, 0.2) is 0 Å². The third-order valence-electron chi connectivity index (χ3n) is 2.17. The SMILES string of the molecule is C#CCC1C(=O)CCC1C=O. The summed E-state index contributed by atoms with van der Waals surface area (Å²) in [4.78, 5) is 21.5. The lowest BCUT2D eigenvalue weighted by molar-refractivity contribution is -0.123. The first-order valence-corrected chi connectivity index (χ1v) is 3.71. The van der Waals surface area contributed by atoms with Crippen LogP contribution in [0.2, 0.25) is 0 Å². The van der Waals surface area contributed by atoms with E-state index in [0.29, 0.717) is 19.3 Å². The summed E-state index contributed by atoms with van der Waals surface area (Å²) in [6.07, 6.45) is 7.56. The molecule has 11 heavy (non-hydrogen) atoms. The largest absolute Gasteiger partial charge is 0.303 e. The van der Waals surface area contributed by atoms with E-state index in [0.717, 1.165) is 6.29 Å². The van der Waals surface area contributed by atoms with E-state index in [1.807, 2.05) is 0 Å². The van der Waals surface area contributed by atoms with E-state index in [1.165, 1.54) is 0 Å². The van der Waals surface area contributed by atoms with Gasteiger partial charge in [0.25, 0.3) is 0 Å². The maximum atomic E-state index is 11.1. The summed E-state index contributed by atoms with van der Waals surface area (Å²) in [7, 11) is 0. The Kier molecular flexibility index (Phi) is 2.43. The van der Waals surface area contributed by atoms with Gasteiger partial charge in [0.1, 0.15) is 12.1 Å². The number of Topliss-reactive ketones (excluding diaryl/α,β-unsaturated/α-hetero) is 1. The monoisotopic (exact) mass is 150 g/mol. The van der Waals surface area contributed by atoms with Gasteiger partial charge in [-0.05, 0) is 6.42 Å². The first-order chi connectivity index (χ1) is 5.29. The van der Waals surface area contributed by atoms with Gasteiger partial charge in [-0.2, -0.15) is 0 Å². The van der Waals surface area contributed by atoms with Crippen LogP contribution in [-0.2, 0) is 9.59 Å². The Hall–Kier alpha value is -1.10. The number of ketones is 1. The van der Waals surface area contributed by atoms with Crippen molar-refractivity contribution in [3.8, 4) is 12.3 Å². The molecule has 1 rings (SSSR count). The van der Waals surface area contributed by atoms with Gasteiger partial charge in [-0.1, -0.05) is 0 Å². The minimum absolute atomic E-state index is 0.112. The molecule has 0 aromatic carbocycles. The van der Waals surface area contributed by atoms with Crippen molar-refractivity contribution in [3.05, 3.63) is 0 Å². The third-order valence-corrected chi connectivity index (χ3v) is 2.17. The predicted molar refractivity (Wildman–Crippen MR) is 40.7 cm³/mol. The molecule has 1 fully saturated rings. The second kappa shape index (κ2) is 3.34. The number of terminal acetylenes is 1. The molecule has 0 saturated heterocycles. The van der Waals surface area contributed by atoms with Crippen LogP contribution in [0.4, 0.5) is 0 Å². The van der Waals surface area contributed by atoms with Crippen LogP contribution in [0, 0.1) is 24.2 Å². The molecule has 2 atom stereocenters. The molecule has 0 N–H and O–H groups in total. The van der Waals surface area contributed by atoms with Gasteiger partial charge in [-0.25, -0.2) is 0 Å². The molecule has 0 aromatic rings. The maximum absolute atomic E-state index is 11.1. The predicted octanol–water partition coefficient (Wildman–Crippen LogP) is 0.804. The van der Waals surface area contributed by atoms with Crippen molar-refractivity contribution in [2.75, 3.05) is 0 Å². The van der Waals surface area contributed by atoms with Crippen LogP contribution in [0.15, 0.2) is 0 Å². The minimum Gasteiger partial charge on any atom is -0.303 e. The molecule has 58 valence electrons. The first kappa shape index (κ1) is 8.00. The highest BCUT2D eigenvalue weighted by Crippen LogP contribution is 2.29. The smallest absolute Gasteiger partial charge is 0.137 e. The summed E-state index contributed by atoms with van der Waals surface area (Å²) in [5.41, 5.74) is 0. The van der Waals surface area contributed by atoms with Gasteiger partial charge in [-0.15, -0.1) is 12.3 Å². The van der Waals surface area contributed by atoms with Gasteiger partial charge >= 0.3 is 0 Å². The summed E-state index contributed by atoms with van der Waals surface area (Å²) in [6.45, 7) is 0. The molecular formula is C9H10O2. The fourth-order valence-corrected chi connectivity index (χ4v) is 1.49. The normalized spacial score (nSPS) is 29.9. The summed E-state index contributed by atoms with van der Waals surface area (Å²) in [5.74, 6) is 2.28. The number of hydrogen-bond acceptors (Lipinski definition) is 2. The molecule has 0 aliphatic heterocycles. The molecule has 1 saturated carbocycles. The first-order valence-electron chi connectivity index (χ1n) is 3.71. The molecule has 1 aliphatic rings. The van der Waals surface area contributed by atoms with E-state index in [2.05, 4.69) is 5.92 Å². The van der Waals surface area contributed by atoms with E-state index in [4.69, 9.17) is 6.42 Å². The van der Waals surface area contributed by atoms with E-state index in [1.54, 1.807) is 0 Å². The van der Waals surface area contributed by atoms with Crippen molar-refractivity contribution in [3.63, 3.8) is 0 Å². The number of carbonyl (C=O) groups is 2. The molecule has 0 aromatic heterocycles. The van der Waals surface area contributed by atoms with E-state index < -0.39 is 0 Å². The molecule has 2 heteroatoms. The quantitative estimate of drug-likeness (QED) is 0.431. The molecule has 0 amide bonds. The second-order valence-electron chi connectivity index (χ2n) is 2.82. The van der Waals surface area contributed by atoms with E-state index >= 15 is 0 Å². The highest BCUT2D eigenvalue weighted by Gasteiger charge is 2.33. The third kappa shape index (κ3) is 1.48. The van der Waals surface area contributed by atoms with Crippen molar-refractivity contribution in [2.45, 2.75) is 19.3 Å². The fourth-order valence-electron chi connectivity index (χ4n) is 1.49. The minimum atomic E-state index is -0.183. The molecule has 2 nitrogen and oxygen atoms in total. The standard InChI is InChI=1S/C9H10O2/c1-2-3-8-7(6-10)4-5-9(8)11/h1,6-8H,3-5H2. The average Bonchev–Trinajstić information content (AvgIpc) is 2.34. The zero-order valence-corrected chi connectivity index (χ0v) is 6.25. The number of carbonyl (C=O) groups excluding carboxylic acids is 2. The second-order valence-corrected chi connectivity index (χ2v) is 2.82. The fraction of sp³-hybridized carbons (Fsp3) is 0.556. The number of hydrogen-bond donors (Lipinski definition) is 0. The van der Waals surface area contributed by atoms with Crippen LogP contribution in [0.3, 0.4) is 0 Å². The number of rotatable bonds is 2. The number of aldehydes is 1. The molecule has 2 unspecified atom stereocenters. The van der Waals surface area contributed by atoms with E-state index in [-0.39, 0.29) is 17.6 Å². The lowest BCUT2D eigenvalue weighted by Crippen LogP contribution is -2.14. The Labute approximate surface area is 66.0 Å². The van der Waals surface area contributed by atoms with Gasteiger partial charge < -0.3 is 4.79 Å². The van der Waals surface area contributed by atoms with Crippen LogP contribution < -0.4 is 0 Å². The molecule has 1 aliphatic carbocycles. The highest BCUT2D eigenvalue weighted by molar-refractivity contribution is 5.87. The lowest BCUT2D eigenvalue weighted by Gasteiger charge is -2.07. The summed E-state index contributed by atoms with van der Waals surface area (Å²) >= 11 is 0. The Morgan fingerprint density at radius 1 is 1.73 bits per heavy atom. The Bertz CT molecular complexity index is 212. The Balaban J connectivity index is 2.64. The van der Waals surface area contributed by atoms with Crippen molar-refractivity contribution in [1.29, 1.82) is 0 Å². The molecule has 0 bridgehead atoms. The van der Waals surface area contributed by atoms with Crippen LogP contribution in [0.1, 0.15) is 19.3 Å². The van der Waals surface area contributed by atoms with Crippen molar-refractivity contribution >= 4 is 12.1 Å². The zero-order valence-electron chi connectivity index (χ0n) is 6.25. The average molecular weight is 150 g/mol. The van der Waals surface area contributed by atoms with Gasteiger partial charge in [0.2, 0.25) is 0 Å². The molecule has 0 radical (unpaired) electrons. The summed E-state index contributed by atoms with van der Waals surface area (Å²) < 4.78 is 0. The van der Waals surface area contributed by atoms with Crippen LogP contribution in [0.25, 0.3) is 0 Å². The topological polar surface area (TPSA) is 34.1 Å². The van der Waals surface area contributed by atoms with Crippen LogP contribution >= 0.6 is 0 Å². The molecular weight excluding hydrogens is 140 g/mol. The summed E-state index contributed by atoms with van der Waals surface area (Å²) in [6, 6.07) is 0. The van der Waals surface area contributed by atoms with Gasteiger partial charge in [0, 0.05) is 24.7 Å². The zero-order chi connectivity index (χ0) is 8.27. The highest BCUT2D eigenvalue weighted by atomic mass is 16.1. The lowest BCUT2D eigenvalue weighted by atomic mass is 9.94. The van der Waals surface area contributed by atoms with Gasteiger partial charge in [-0.3, -0.25) is 4.79 Å². The van der Waals surface area contributed by atoms with E-state index in [9.17, 15) is 9.59 Å². The van der Waals surface area contributed by atoms with Crippen molar-refractivity contribution in [2.24, 2.45) is 11.8 Å². The Morgan fingerprint density at radius 3 is 3.00 bits per heavy atom. The maximum Gasteiger partial charge on any atom is 0.137 e. The summed E-state index contributed by atoms with van der Waals surface area (Å²) in [5, 5.41) is 0.